The molecule has 1 N–H and O–H groups in total. The van der Waals surface area contributed by atoms with Crippen LogP contribution in [-0.4, -0.2) is 56.7 Å². The zero-order chi connectivity index (χ0) is 21.5. The third kappa shape index (κ3) is 5.70. The largest absolute Gasteiger partial charge is 0.494 e. The van der Waals surface area contributed by atoms with Crippen molar-refractivity contribution in [1.29, 1.82) is 0 Å². The SMILES string of the molecule is CCOc1ccccc1N1CCN(CCCCOc2ccc3c(c2)NC(=O)CC3)CC1. The molecule has 0 spiro atoms. The lowest BCUT2D eigenvalue weighted by Crippen LogP contribution is -2.46. The second kappa shape index (κ2) is 10.5. The Balaban J connectivity index is 1.15. The summed E-state index contributed by atoms with van der Waals surface area (Å²) in [6.45, 7) is 8.74. The average molecular weight is 424 g/mol. The van der Waals surface area contributed by atoms with E-state index in [0.29, 0.717) is 19.6 Å². The quantitative estimate of drug-likeness (QED) is 0.619. The third-order valence-electron chi connectivity index (χ3n) is 5.99. The Hall–Kier alpha value is -2.73. The molecule has 2 aromatic rings. The Bertz CT molecular complexity index is 878. The Morgan fingerprint density at radius 2 is 1.81 bits per heavy atom. The van der Waals surface area contributed by atoms with Crippen molar-refractivity contribution in [3.05, 3.63) is 48.0 Å². The third-order valence-corrected chi connectivity index (χ3v) is 5.99. The van der Waals surface area contributed by atoms with E-state index in [-0.39, 0.29) is 5.91 Å². The molecule has 6 nitrogen and oxygen atoms in total. The van der Waals surface area contributed by atoms with Crippen LogP contribution < -0.4 is 19.7 Å². The summed E-state index contributed by atoms with van der Waals surface area (Å²) in [5.74, 6) is 1.91. The van der Waals surface area contributed by atoms with Gasteiger partial charge in [-0.25, -0.2) is 0 Å². The van der Waals surface area contributed by atoms with Crippen molar-refractivity contribution in [2.24, 2.45) is 0 Å². The first-order valence-electron chi connectivity index (χ1n) is 11.5. The minimum absolute atomic E-state index is 0.0890. The molecular weight excluding hydrogens is 390 g/mol. The smallest absolute Gasteiger partial charge is 0.224 e. The van der Waals surface area contributed by atoms with E-state index in [2.05, 4.69) is 39.4 Å². The molecule has 0 saturated carbocycles. The molecule has 31 heavy (non-hydrogen) atoms. The molecule has 0 atom stereocenters. The predicted octanol–water partition coefficient (Wildman–Crippen LogP) is 3.95. The summed E-state index contributed by atoms with van der Waals surface area (Å²) >= 11 is 0. The summed E-state index contributed by atoms with van der Waals surface area (Å²) in [5.41, 5.74) is 3.30. The number of ether oxygens (including phenoxy) is 2. The standard InChI is InChI=1S/C25H33N3O3/c1-2-30-24-8-4-3-7-23(24)28-16-14-27(15-17-28)13-5-6-18-31-21-11-9-20-10-12-25(29)26-22(20)19-21/h3-4,7-9,11,19H,2,5-6,10,12-18H2,1H3,(H,26,29). The first-order valence-corrected chi connectivity index (χ1v) is 11.5. The lowest BCUT2D eigenvalue weighted by atomic mass is 10.0. The van der Waals surface area contributed by atoms with Crippen LogP contribution in [-0.2, 0) is 11.2 Å². The van der Waals surface area contributed by atoms with E-state index < -0.39 is 0 Å². The number of para-hydroxylation sites is 2. The van der Waals surface area contributed by atoms with E-state index in [0.717, 1.165) is 69.2 Å². The van der Waals surface area contributed by atoms with Gasteiger partial charge in [0, 0.05) is 44.4 Å². The second-order valence-corrected chi connectivity index (χ2v) is 8.15. The van der Waals surface area contributed by atoms with Crippen LogP contribution in [0.1, 0.15) is 31.7 Å². The molecule has 166 valence electrons. The van der Waals surface area contributed by atoms with Crippen molar-refractivity contribution in [2.45, 2.75) is 32.6 Å². The number of amides is 1. The Morgan fingerprint density at radius 3 is 2.65 bits per heavy atom. The van der Waals surface area contributed by atoms with Crippen molar-refractivity contribution in [1.82, 2.24) is 4.90 Å². The molecule has 4 rings (SSSR count). The number of anilines is 2. The van der Waals surface area contributed by atoms with Gasteiger partial charge in [0.05, 0.1) is 18.9 Å². The second-order valence-electron chi connectivity index (χ2n) is 8.15. The maximum absolute atomic E-state index is 11.6. The molecule has 2 aliphatic heterocycles. The van der Waals surface area contributed by atoms with Gasteiger partial charge in [0.25, 0.3) is 0 Å². The van der Waals surface area contributed by atoms with Gasteiger partial charge in [0.2, 0.25) is 5.91 Å². The lowest BCUT2D eigenvalue weighted by molar-refractivity contribution is -0.116. The molecule has 0 aliphatic carbocycles. The number of nitrogens with zero attached hydrogens (tertiary/aromatic N) is 2. The molecule has 2 aromatic carbocycles. The van der Waals surface area contributed by atoms with Gasteiger partial charge < -0.3 is 19.7 Å². The molecule has 6 heteroatoms. The van der Waals surface area contributed by atoms with E-state index in [1.165, 1.54) is 11.3 Å². The van der Waals surface area contributed by atoms with Crippen LogP contribution in [0.2, 0.25) is 0 Å². The highest BCUT2D eigenvalue weighted by molar-refractivity contribution is 5.94. The number of benzene rings is 2. The highest BCUT2D eigenvalue weighted by Gasteiger charge is 2.19. The summed E-state index contributed by atoms with van der Waals surface area (Å²) in [6.07, 6.45) is 3.53. The molecule has 0 aromatic heterocycles. The Morgan fingerprint density at radius 1 is 0.968 bits per heavy atom. The molecule has 2 heterocycles. The van der Waals surface area contributed by atoms with Crippen molar-refractivity contribution < 1.29 is 14.3 Å². The molecule has 1 amide bonds. The molecule has 0 unspecified atom stereocenters. The Labute approximate surface area is 185 Å². The van der Waals surface area contributed by atoms with E-state index >= 15 is 0 Å². The molecule has 0 bridgehead atoms. The number of carbonyl (C=O) groups is 1. The monoisotopic (exact) mass is 423 g/mol. The van der Waals surface area contributed by atoms with Crippen LogP contribution >= 0.6 is 0 Å². The van der Waals surface area contributed by atoms with Gasteiger partial charge >= 0.3 is 0 Å². The molecule has 1 fully saturated rings. The molecular formula is C25H33N3O3. The maximum Gasteiger partial charge on any atom is 0.224 e. The summed E-state index contributed by atoms with van der Waals surface area (Å²) < 4.78 is 11.7. The summed E-state index contributed by atoms with van der Waals surface area (Å²) in [6, 6.07) is 14.4. The first-order chi connectivity index (χ1) is 15.2. The average Bonchev–Trinajstić information content (AvgIpc) is 2.80. The fourth-order valence-electron chi connectivity index (χ4n) is 4.28. The van der Waals surface area contributed by atoms with Gasteiger partial charge in [0.1, 0.15) is 11.5 Å². The highest BCUT2D eigenvalue weighted by atomic mass is 16.5. The Kier molecular flexibility index (Phi) is 7.30. The minimum Gasteiger partial charge on any atom is -0.494 e. The summed E-state index contributed by atoms with van der Waals surface area (Å²) in [7, 11) is 0. The van der Waals surface area contributed by atoms with Crippen molar-refractivity contribution in [2.75, 3.05) is 56.2 Å². The van der Waals surface area contributed by atoms with Crippen LogP contribution in [0.4, 0.5) is 11.4 Å². The van der Waals surface area contributed by atoms with Crippen molar-refractivity contribution in [3.63, 3.8) is 0 Å². The van der Waals surface area contributed by atoms with Gasteiger partial charge in [-0.3, -0.25) is 9.69 Å². The van der Waals surface area contributed by atoms with E-state index in [1.807, 2.05) is 25.1 Å². The van der Waals surface area contributed by atoms with Gasteiger partial charge in [0.15, 0.2) is 0 Å². The number of hydrogen-bond donors (Lipinski definition) is 1. The normalized spacial score (nSPS) is 16.5. The van der Waals surface area contributed by atoms with Gasteiger partial charge in [-0.05, 0) is 56.5 Å². The number of aryl methyl sites for hydroxylation is 1. The lowest BCUT2D eigenvalue weighted by Gasteiger charge is -2.36. The van der Waals surface area contributed by atoms with Crippen LogP contribution in [0.5, 0.6) is 11.5 Å². The van der Waals surface area contributed by atoms with Crippen LogP contribution in [0, 0.1) is 0 Å². The van der Waals surface area contributed by atoms with Crippen molar-refractivity contribution >= 4 is 17.3 Å². The number of carbonyl (C=O) groups excluding carboxylic acids is 1. The maximum atomic E-state index is 11.6. The molecule has 0 radical (unpaired) electrons. The van der Waals surface area contributed by atoms with Crippen LogP contribution in [0.3, 0.4) is 0 Å². The summed E-state index contributed by atoms with van der Waals surface area (Å²) in [5, 5.41) is 2.93. The zero-order valence-corrected chi connectivity index (χ0v) is 18.4. The van der Waals surface area contributed by atoms with Crippen LogP contribution in [0.25, 0.3) is 0 Å². The fourth-order valence-corrected chi connectivity index (χ4v) is 4.28. The number of piperazine rings is 1. The predicted molar refractivity (Wildman–Crippen MR) is 124 cm³/mol. The van der Waals surface area contributed by atoms with E-state index in [1.54, 1.807) is 0 Å². The molecule has 2 aliphatic rings. The van der Waals surface area contributed by atoms with E-state index in [4.69, 9.17) is 9.47 Å². The van der Waals surface area contributed by atoms with Gasteiger partial charge in [-0.2, -0.15) is 0 Å². The summed E-state index contributed by atoms with van der Waals surface area (Å²) in [4.78, 5) is 16.5. The molecule has 1 saturated heterocycles. The van der Waals surface area contributed by atoms with Crippen molar-refractivity contribution in [3.8, 4) is 11.5 Å². The number of fused-ring (bicyclic) bond motifs is 1. The number of nitrogens with one attached hydrogen (secondary N) is 1. The van der Waals surface area contributed by atoms with Gasteiger partial charge in [-0.15, -0.1) is 0 Å². The van der Waals surface area contributed by atoms with Crippen LogP contribution in [0.15, 0.2) is 42.5 Å². The minimum atomic E-state index is 0.0890. The topological polar surface area (TPSA) is 54.0 Å². The number of rotatable bonds is 9. The van der Waals surface area contributed by atoms with E-state index in [9.17, 15) is 4.79 Å². The first kappa shape index (κ1) is 21.5. The fraction of sp³-hybridized carbons (Fsp3) is 0.480. The number of unbranched alkanes of at least 4 members (excludes halogenated alkanes) is 1. The number of hydrogen-bond acceptors (Lipinski definition) is 5. The van der Waals surface area contributed by atoms with Gasteiger partial charge in [-0.1, -0.05) is 18.2 Å². The zero-order valence-electron chi connectivity index (χ0n) is 18.4. The highest BCUT2D eigenvalue weighted by Crippen LogP contribution is 2.29.